The van der Waals surface area contributed by atoms with Gasteiger partial charge >= 0.3 is 10.2 Å². The molecular weight excluding hydrogens is 573 g/mol. The van der Waals surface area contributed by atoms with E-state index in [4.69, 9.17) is 0 Å². The Morgan fingerprint density at radius 1 is 0.875 bits per heavy atom. The van der Waals surface area contributed by atoms with Crippen molar-refractivity contribution in [3.63, 3.8) is 0 Å². The van der Waals surface area contributed by atoms with Crippen molar-refractivity contribution in [2.45, 2.75) is 66.5 Å². The van der Waals surface area contributed by atoms with Gasteiger partial charge in [0.05, 0.1) is 16.3 Å². The maximum atomic E-state index is 13.3. The number of pyridine rings is 2. The molecule has 0 radical (unpaired) electrons. The zero-order valence-corrected chi connectivity index (χ0v) is 23.3. The molecule has 216 valence electrons. The van der Waals surface area contributed by atoms with E-state index in [1.165, 1.54) is 0 Å². The van der Waals surface area contributed by atoms with Crippen LogP contribution in [-0.4, -0.2) is 39.3 Å². The molecule has 1 aliphatic carbocycles. The van der Waals surface area contributed by atoms with Crippen molar-refractivity contribution < 1.29 is 27.8 Å². The van der Waals surface area contributed by atoms with Crippen LogP contribution in [0.5, 0.6) is 0 Å². The number of anilines is 1. The molecule has 0 unspecified atom stereocenters. The van der Waals surface area contributed by atoms with E-state index in [2.05, 4.69) is 20.5 Å². The summed E-state index contributed by atoms with van der Waals surface area (Å²) in [5, 5.41) is 10.7. The van der Waals surface area contributed by atoms with Gasteiger partial charge in [-0.2, -0.15) is 0 Å². The van der Waals surface area contributed by atoms with E-state index >= 15 is 0 Å². The van der Waals surface area contributed by atoms with Crippen molar-refractivity contribution in [2.75, 3.05) is 5.32 Å². The summed E-state index contributed by atoms with van der Waals surface area (Å²) in [6.45, 7) is 4.06. The monoisotopic (exact) mass is 601 g/mol. The van der Waals surface area contributed by atoms with Crippen LogP contribution in [0, 0.1) is 0 Å². The van der Waals surface area contributed by atoms with Crippen LogP contribution in [0.3, 0.4) is 0 Å². The van der Waals surface area contributed by atoms with Gasteiger partial charge in [0, 0.05) is 18.2 Å². The molecule has 0 aliphatic heterocycles. The smallest absolute Gasteiger partial charge is 0.311 e. The second kappa shape index (κ2) is 9.13. The highest BCUT2D eigenvalue weighted by atomic mass is 32.5. The summed E-state index contributed by atoms with van der Waals surface area (Å²) in [4.78, 5) is 1.66. The maximum absolute atomic E-state index is 13.3. The third kappa shape index (κ3) is 5.78. The predicted molar refractivity (Wildman–Crippen MR) is 145 cm³/mol. The van der Waals surface area contributed by atoms with Crippen molar-refractivity contribution in [3.8, 4) is 11.1 Å². The Morgan fingerprint density at radius 2 is 1.52 bits per heavy atom. The van der Waals surface area contributed by atoms with Crippen LogP contribution in [0.15, 0.2) is 70.7 Å². The Kier molecular flexibility index (Phi) is 6.45. The molecule has 0 spiro atoms. The zero-order valence-electron chi connectivity index (χ0n) is 21.6. The SMILES string of the molecule is CC(C)c1nnc2ccc(-c3ccc(S(=O)(=O)C4CCC(Nc5ccc(S(F)(F)(F)(F)F)cn5)CC4)cc3)cn12. The van der Waals surface area contributed by atoms with E-state index < -0.39 is 30.2 Å². The maximum Gasteiger partial charge on any atom is 0.311 e. The lowest BCUT2D eigenvalue weighted by molar-refractivity contribution is 0.363. The molecule has 3 heterocycles. The minimum Gasteiger partial charge on any atom is -0.367 e. The lowest BCUT2D eigenvalue weighted by atomic mass is 9.95. The van der Waals surface area contributed by atoms with Gasteiger partial charge in [-0.3, -0.25) is 4.40 Å². The fourth-order valence-corrected chi connectivity index (χ4v) is 7.29. The van der Waals surface area contributed by atoms with Gasteiger partial charge in [0.15, 0.2) is 15.5 Å². The highest BCUT2D eigenvalue weighted by Gasteiger charge is 2.65. The molecule has 1 fully saturated rings. The first-order valence-corrected chi connectivity index (χ1v) is 16.2. The molecule has 40 heavy (non-hydrogen) atoms. The molecule has 0 amide bonds. The number of nitrogens with zero attached hydrogens (tertiary/aromatic N) is 4. The molecule has 1 N–H and O–H groups in total. The van der Waals surface area contributed by atoms with Crippen LogP contribution in [0.2, 0.25) is 0 Å². The number of nitrogens with one attached hydrogen (secondary N) is 1. The van der Waals surface area contributed by atoms with Gasteiger partial charge in [-0.15, -0.1) is 10.2 Å². The number of halogens is 5. The molecule has 3 aromatic heterocycles. The number of fused-ring (bicyclic) bond motifs is 1. The van der Waals surface area contributed by atoms with E-state index in [9.17, 15) is 27.8 Å². The third-order valence-electron chi connectivity index (χ3n) is 7.11. The molecule has 1 saturated carbocycles. The normalized spacial score (nSPS) is 20.3. The second-order valence-electron chi connectivity index (χ2n) is 10.4. The van der Waals surface area contributed by atoms with Crippen LogP contribution in [-0.2, 0) is 9.84 Å². The average Bonchev–Trinajstić information content (AvgIpc) is 3.32. The summed E-state index contributed by atoms with van der Waals surface area (Å²) in [6.07, 6.45) is 3.60. The van der Waals surface area contributed by atoms with Crippen LogP contribution in [0.4, 0.5) is 25.2 Å². The number of hydrogen-bond acceptors (Lipinski definition) is 6. The number of hydrogen-bond donors (Lipinski definition) is 1. The minimum absolute atomic E-state index is 0.0256. The topological polar surface area (TPSA) is 89.2 Å². The van der Waals surface area contributed by atoms with Crippen molar-refractivity contribution in [1.29, 1.82) is 0 Å². The first-order valence-electron chi connectivity index (χ1n) is 12.7. The quantitative estimate of drug-likeness (QED) is 0.218. The van der Waals surface area contributed by atoms with E-state index in [0.29, 0.717) is 31.7 Å². The first-order chi connectivity index (χ1) is 18.5. The Labute approximate surface area is 228 Å². The van der Waals surface area contributed by atoms with Gasteiger partial charge in [0.2, 0.25) is 0 Å². The molecular formula is C26H28F5N5O2S2. The van der Waals surface area contributed by atoms with Crippen molar-refractivity contribution in [2.24, 2.45) is 0 Å². The van der Waals surface area contributed by atoms with E-state index in [1.807, 2.05) is 36.6 Å². The largest absolute Gasteiger partial charge is 0.367 e. The van der Waals surface area contributed by atoms with Gasteiger partial charge in [-0.25, -0.2) is 13.4 Å². The van der Waals surface area contributed by atoms with Gasteiger partial charge in [-0.05, 0) is 73.2 Å². The van der Waals surface area contributed by atoms with Gasteiger partial charge in [0.25, 0.3) is 0 Å². The number of aromatic nitrogens is 4. The van der Waals surface area contributed by atoms with Gasteiger partial charge < -0.3 is 5.32 Å². The summed E-state index contributed by atoms with van der Waals surface area (Å²) in [7, 11) is -13.4. The number of benzene rings is 1. The molecule has 4 aromatic rings. The highest BCUT2D eigenvalue weighted by Crippen LogP contribution is 3.02. The van der Waals surface area contributed by atoms with Crippen LogP contribution in [0.1, 0.15) is 51.3 Å². The summed E-state index contributed by atoms with van der Waals surface area (Å²) >= 11 is 0. The summed E-state index contributed by atoms with van der Waals surface area (Å²) in [5.74, 6) is 1.04. The average molecular weight is 602 g/mol. The molecule has 5 rings (SSSR count). The lowest BCUT2D eigenvalue weighted by Crippen LogP contribution is -2.33. The van der Waals surface area contributed by atoms with Crippen LogP contribution < -0.4 is 5.32 Å². The van der Waals surface area contributed by atoms with E-state index in [1.54, 1.807) is 24.3 Å². The summed E-state index contributed by atoms with van der Waals surface area (Å²) in [6, 6.07) is 11.4. The summed E-state index contributed by atoms with van der Waals surface area (Å²) < 4.78 is 93.1. The van der Waals surface area contributed by atoms with Crippen molar-refractivity contribution in [1.82, 2.24) is 19.6 Å². The molecule has 14 heteroatoms. The van der Waals surface area contributed by atoms with E-state index in [-0.39, 0.29) is 28.9 Å². The van der Waals surface area contributed by atoms with Crippen molar-refractivity contribution in [3.05, 3.63) is 66.7 Å². The molecule has 1 aliphatic rings. The lowest BCUT2D eigenvalue weighted by Gasteiger charge is -2.40. The van der Waals surface area contributed by atoms with Crippen LogP contribution in [0.25, 0.3) is 16.8 Å². The summed E-state index contributed by atoms with van der Waals surface area (Å²) in [5.41, 5.74) is 2.47. The Morgan fingerprint density at radius 3 is 2.10 bits per heavy atom. The van der Waals surface area contributed by atoms with Gasteiger partial charge in [0.1, 0.15) is 16.5 Å². The second-order valence-corrected chi connectivity index (χ2v) is 15.0. The fourth-order valence-electron chi connectivity index (χ4n) is 4.92. The molecule has 0 atom stereocenters. The predicted octanol–water partition coefficient (Wildman–Crippen LogP) is 7.77. The molecule has 7 nitrogen and oxygen atoms in total. The highest BCUT2D eigenvalue weighted by molar-refractivity contribution is 8.45. The third-order valence-corrected chi connectivity index (χ3v) is 10.5. The van der Waals surface area contributed by atoms with E-state index in [0.717, 1.165) is 28.7 Å². The standard InChI is InChI=1S/C26H28F5N5O2S2/c1-17(2)26-35-34-25-14-5-19(16-36(25)26)18-3-8-21(9-4-18)39(37,38)22-10-6-20(7-11-22)33-24-13-12-23(15-32-24)40(27,28,29,30)31/h3-5,8-9,12-17,20,22H,6-7,10-11H2,1-2H3,(H,32,33). The van der Waals surface area contributed by atoms with Gasteiger partial charge in [-0.1, -0.05) is 45.4 Å². The molecule has 0 saturated heterocycles. The molecule has 0 bridgehead atoms. The zero-order chi connectivity index (χ0) is 29.0. The van der Waals surface area contributed by atoms with Crippen molar-refractivity contribution >= 4 is 31.5 Å². The molecule has 1 aromatic carbocycles. The first kappa shape index (κ1) is 28.3. The Bertz CT molecular complexity index is 1650. The Balaban J connectivity index is 1.24. The number of rotatable bonds is 7. The Hall–Kier alpha value is -3.26. The minimum atomic E-state index is -9.78. The number of sulfone groups is 1. The fraction of sp³-hybridized carbons (Fsp3) is 0.346. The van der Waals surface area contributed by atoms with Crippen LogP contribution >= 0.6 is 10.2 Å².